The van der Waals surface area contributed by atoms with E-state index in [4.69, 9.17) is 0 Å². The van der Waals surface area contributed by atoms with E-state index in [0.717, 1.165) is 33.9 Å². The molecule has 1 amide bonds. The van der Waals surface area contributed by atoms with Crippen molar-refractivity contribution in [1.29, 1.82) is 0 Å². The number of anilines is 1. The molecular weight excluding hydrogens is 324 g/mol. The molecule has 126 valence electrons. The van der Waals surface area contributed by atoms with Crippen molar-refractivity contribution in [2.24, 2.45) is 0 Å². The number of aryl methyl sites for hydroxylation is 2. The fourth-order valence-electron chi connectivity index (χ4n) is 2.30. The van der Waals surface area contributed by atoms with Crippen molar-refractivity contribution in [3.05, 3.63) is 63.7 Å². The molecule has 0 bridgehead atoms. The van der Waals surface area contributed by atoms with Crippen molar-refractivity contribution in [3.8, 4) is 0 Å². The van der Waals surface area contributed by atoms with Crippen LogP contribution in [0.4, 0.5) is 11.4 Å². The number of carbonyl (C=O) groups is 1. The Morgan fingerprint density at radius 3 is 2.33 bits per heavy atom. The van der Waals surface area contributed by atoms with Crippen LogP contribution in [0, 0.1) is 24.0 Å². The molecule has 0 aromatic heterocycles. The molecule has 0 aliphatic carbocycles. The minimum absolute atomic E-state index is 0.0108. The summed E-state index contributed by atoms with van der Waals surface area (Å²) in [4.78, 5) is 23.2. The number of thioether (sulfide) groups is 1. The van der Waals surface area contributed by atoms with Gasteiger partial charge in [0.15, 0.2) is 0 Å². The summed E-state index contributed by atoms with van der Waals surface area (Å²) in [5, 5.41) is 13.6. The first-order valence-corrected chi connectivity index (χ1v) is 8.69. The monoisotopic (exact) mass is 344 g/mol. The van der Waals surface area contributed by atoms with E-state index in [1.165, 1.54) is 12.1 Å². The molecule has 0 radical (unpaired) electrons. The Balaban J connectivity index is 1.76. The van der Waals surface area contributed by atoms with Gasteiger partial charge < -0.3 is 5.32 Å². The average Bonchev–Trinajstić information content (AvgIpc) is 2.55. The van der Waals surface area contributed by atoms with Crippen LogP contribution >= 0.6 is 11.8 Å². The first-order valence-electron chi connectivity index (χ1n) is 7.70. The molecule has 0 atom stereocenters. The molecular formula is C18H20N2O3S. The predicted octanol–water partition coefficient (Wildman–Crippen LogP) is 4.72. The molecule has 2 rings (SSSR count). The Kier molecular flexibility index (Phi) is 6.37. The fourth-order valence-corrected chi connectivity index (χ4v) is 3.15. The summed E-state index contributed by atoms with van der Waals surface area (Å²) in [5.41, 5.74) is 3.10. The fraction of sp³-hybridized carbons (Fsp3) is 0.278. The molecule has 0 aliphatic heterocycles. The second-order valence-electron chi connectivity index (χ2n) is 5.52. The van der Waals surface area contributed by atoms with Crippen LogP contribution in [0.2, 0.25) is 0 Å². The maximum absolute atomic E-state index is 12.1. The van der Waals surface area contributed by atoms with E-state index in [2.05, 4.69) is 5.32 Å². The number of hydrogen-bond donors (Lipinski definition) is 1. The van der Waals surface area contributed by atoms with E-state index >= 15 is 0 Å². The minimum Gasteiger partial charge on any atom is -0.326 e. The molecule has 0 saturated heterocycles. The van der Waals surface area contributed by atoms with Crippen LogP contribution in [0.3, 0.4) is 0 Å². The second kappa shape index (κ2) is 8.49. The average molecular weight is 344 g/mol. The topological polar surface area (TPSA) is 72.2 Å². The number of nitro groups is 1. The van der Waals surface area contributed by atoms with Gasteiger partial charge in [-0.3, -0.25) is 14.9 Å². The molecule has 0 saturated carbocycles. The Morgan fingerprint density at radius 1 is 1.12 bits per heavy atom. The number of nitro benzene ring substituents is 1. The van der Waals surface area contributed by atoms with Crippen LogP contribution in [0.5, 0.6) is 0 Å². The lowest BCUT2D eigenvalue weighted by Gasteiger charge is -2.11. The van der Waals surface area contributed by atoms with Crippen LogP contribution in [0.15, 0.2) is 47.4 Å². The zero-order valence-corrected chi connectivity index (χ0v) is 14.6. The standard InChI is InChI=1S/C18H20N2O3S/c1-13-5-3-6-14(2)18(13)19-17(21)7-4-12-24-16-10-8-15(9-11-16)20(22)23/h3,5-6,8-11H,4,7,12H2,1-2H3,(H,19,21). The van der Waals surface area contributed by atoms with Gasteiger partial charge in [-0.15, -0.1) is 11.8 Å². The smallest absolute Gasteiger partial charge is 0.269 e. The van der Waals surface area contributed by atoms with Gasteiger partial charge in [-0.1, -0.05) is 18.2 Å². The number of nitrogens with one attached hydrogen (secondary N) is 1. The van der Waals surface area contributed by atoms with E-state index in [0.29, 0.717) is 6.42 Å². The summed E-state index contributed by atoms with van der Waals surface area (Å²) in [6, 6.07) is 12.4. The number of benzene rings is 2. The van der Waals surface area contributed by atoms with Crippen LogP contribution in [-0.2, 0) is 4.79 Å². The zero-order valence-electron chi connectivity index (χ0n) is 13.7. The van der Waals surface area contributed by atoms with Gasteiger partial charge in [0.25, 0.3) is 5.69 Å². The van der Waals surface area contributed by atoms with E-state index in [9.17, 15) is 14.9 Å². The molecule has 0 aliphatic rings. The quantitative estimate of drug-likeness (QED) is 0.341. The summed E-state index contributed by atoms with van der Waals surface area (Å²) in [6.07, 6.45) is 1.20. The largest absolute Gasteiger partial charge is 0.326 e. The number of hydrogen-bond acceptors (Lipinski definition) is 4. The highest BCUT2D eigenvalue weighted by Crippen LogP contribution is 2.23. The lowest BCUT2D eigenvalue weighted by molar-refractivity contribution is -0.384. The minimum atomic E-state index is -0.410. The van der Waals surface area contributed by atoms with Crippen molar-refractivity contribution in [3.63, 3.8) is 0 Å². The van der Waals surface area contributed by atoms with Gasteiger partial charge in [0, 0.05) is 29.1 Å². The van der Waals surface area contributed by atoms with Crippen LogP contribution in [0.25, 0.3) is 0 Å². The van der Waals surface area contributed by atoms with Crippen molar-refractivity contribution in [1.82, 2.24) is 0 Å². The summed E-state index contributed by atoms with van der Waals surface area (Å²) in [7, 11) is 0. The summed E-state index contributed by atoms with van der Waals surface area (Å²) in [5.74, 6) is 0.801. The first-order chi connectivity index (χ1) is 11.5. The van der Waals surface area contributed by atoms with E-state index in [1.54, 1.807) is 23.9 Å². The number of para-hydroxylation sites is 1. The maximum Gasteiger partial charge on any atom is 0.269 e. The highest BCUT2D eigenvalue weighted by Gasteiger charge is 2.08. The summed E-state index contributed by atoms with van der Waals surface area (Å²) >= 11 is 1.59. The number of carbonyl (C=O) groups excluding carboxylic acids is 1. The van der Waals surface area contributed by atoms with E-state index < -0.39 is 4.92 Å². The van der Waals surface area contributed by atoms with Gasteiger partial charge in [0.05, 0.1) is 4.92 Å². The van der Waals surface area contributed by atoms with E-state index in [-0.39, 0.29) is 11.6 Å². The Hall–Kier alpha value is -2.34. The highest BCUT2D eigenvalue weighted by molar-refractivity contribution is 7.99. The van der Waals surface area contributed by atoms with Crippen LogP contribution in [0.1, 0.15) is 24.0 Å². The van der Waals surface area contributed by atoms with Crippen molar-refractivity contribution >= 4 is 29.0 Å². The SMILES string of the molecule is Cc1cccc(C)c1NC(=O)CCCSc1ccc([N+](=O)[O-])cc1. The Morgan fingerprint density at radius 2 is 1.75 bits per heavy atom. The molecule has 1 N–H and O–H groups in total. The second-order valence-corrected chi connectivity index (χ2v) is 6.69. The van der Waals surface area contributed by atoms with Gasteiger partial charge in [0.1, 0.15) is 0 Å². The summed E-state index contributed by atoms with van der Waals surface area (Å²) < 4.78 is 0. The van der Waals surface area contributed by atoms with Crippen LogP contribution < -0.4 is 5.32 Å². The van der Waals surface area contributed by atoms with Crippen molar-refractivity contribution in [2.45, 2.75) is 31.6 Å². The third-order valence-electron chi connectivity index (χ3n) is 3.61. The molecule has 2 aromatic carbocycles. The first kappa shape index (κ1) is 18.0. The van der Waals surface area contributed by atoms with Gasteiger partial charge >= 0.3 is 0 Å². The molecule has 24 heavy (non-hydrogen) atoms. The summed E-state index contributed by atoms with van der Waals surface area (Å²) in [6.45, 7) is 3.96. The Bertz CT molecular complexity index is 709. The van der Waals surface area contributed by atoms with Gasteiger partial charge in [-0.05, 0) is 49.3 Å². The van der Waals surface area contributed by atoms with E-state index in [1.807, 2.05) is 32.0 Å². The maximum atomic E-state index is 12.1. The van der Waals surface area contributed by atoms with Gasteiger partial charge in [-0.25, -0.2) is 0 Å². The molecule has 6 heteroatoms. The van der Waals surface area contributed by atoms with Crippen molar-refractivity contribution < 1.29 is 9.72 Å². The number of rotatable bonds is 7. The molecule has 0 fully saturated rings. The van der Waals surface area contributed by atoms with Gasteiger partial charge in [0.2, 0.25) is 5.91 Å². The lowest BCUT2D eigenvalue weighted by Crippen LogP contribution is -2.13. The molecule has 0 spiro atoms. The van der Waals surface area contributed by atoms with Crippen LogP contribution in [-0.4, -0.2) is 16.6 Å². The Labute approximate surface area is 145 Å². The third kappa shape index (κ3) is 5.09. The molecule has 2 aromatic rings. The zero-order chi connectivity index (χ0) is 17.5. The number of amides is 1. The highest BCUT2D eigenvalue weighted by atomic mass is 32.2. The molecule has 5 nitrogen and oxygen atoms in total. The predicted molar refractivity (Wildman–Crippen MR) is 97.6 cm³/mol. The lowest BCUT2D eigenvalue weighted by atomic mass is 10.1. The third-order valence-corrected chi connectivity index (χ3v) is 4.71. The van der Waals surface area contributed by atoms with Gasteiger partial charge in [-0.2, -0.15) is 0 Å². The molecule has 0 heterocycles. The normalized spacial score (nSPS) is 10.4. The molecule has 0 unspecified atom stereocenters. The van der Waals surface area contributed by atoms with Crippen molar-refractivity contribution in [2.75, 3.05) is 11.1 Å². The number of non-ortho nitro benzene ring substituents is 1. The number of nitrogens with zero attached hydrogens (tertiary/aromatic N) is 1.